The highest BCUT2D eigenvalue weighted by Crippen LogP contribution is 2.36. The van der Waals surface area contributed by atoms with Gasteiger partial charge in [0.15, 0.2) is 11.5 Å². The van der Waals surface area contributed by atoms with E-state index in [0.29, 0.717) is 6.04 Å². The SMILES string of the molecule is COc1cc(Br)cc(CC2CCCCN2)c1OC(C)C. The number of hydrogen-bond donors (Lipinski definition) is 1. The molecule has 1 aromatic carbocycles. The summed E-state index contributed by atoms with van der Waals surface area (Å²) in [7, 11) is 1.69. The predicted octanol–water partition coefficient (Wildman–Crippen LogP) is 3.93. The molecule has 20 heavy (non-hydrogen) atoms. The Bertz CT molecular complexity index is 442. The first-order chi connectivity index (χ1) is 9.60. The van der Waals surface area contributed by atoms with E-state index in [0.717, 1.165) is 28.9 Å². The molecule has 0 bridgehead atoms. The minimum atomic E-state index is 0.142. The van der Waals surface area contributed by atoms with Crippen molar-refractivity contribution in [3.05, 3.63) is 22.2 Å². The van der Waals surface area contributed by atoms with Crippen LogP contribution in [-0.2, 0) is 6.42 Å². The molecule has 0 spiro atoms. The van der Waals surface area contributed by atoms with Crippen molar-refractivity contribution in [3.63, 3.8) is 0 Å². The fourth-order valence-corrected chi connectivity index (χ4v) is 3.14. The average molecular weight is 342 g/mol. The fourth-order valence-electron chi connectivity index (χ4n) is 2.66. The molecule has 112 valence electrons. The number of hydrogen-bond acceptors (Lipinski definition) is 3. The van der Waals surface area contributed by atoms with Crippen LogP contribution in [-0.4, -0.2) is 25.8 Å². The second-order valence-corrected chi connectivity index (χ2v) is 6.53. The standard InChI is InChI=1S/C16H24BrNO2/c1-11(2)20-16-12(8-13(17)10-15(16)19-3)9-14-6-4-5-7-18-14/h8,10-11,14,18H,4-7,9H2,1-3H3. The normalized spacial score (nSPS) is 19.1. The maximum absolute atomic E-state index is 5.99. The summed E-state index contributed by atoms with van der Waals surface area (Å²) in [6.07, 6.45) is 4.95. The van der Waals surface area contributed by atoms with Gasteiger partial charge in [0.2, 0.25) is 0 Å². The van der Waals surface area contributed by atoms with Crippen LogP contribution in [0.5, 0.6) is 11.5 Å². The molecule has 1 aromatic rings. The van der Waals surface area contributed by atoms with Gasteiger partial charge in [-0.05, 0) is 51.8 Å². The molecule has 1 atom stereocenters. The van der Waals surface area contributed by atoms with Crippen LogP contribution in [0.1, 0.15) is 38.7 Å². The van der Waals surface area contributed by atoms with E-state index in [1.807, 2.05) is 19.9 Å². The monoisotopic (exact) mass is 341 g/mol. The first kappa shape index (κ1) is 15.6. The third kappa shape index (κ3) is 4.13. The molecular weight excluding hydrogens is 318 g/mol. The molecule has 1 N–H and O–H groups in total. The lowest BCUT2D eigenvalue weighted by atomic mass is 9.97. The van der Waals surface area contributed by atoms with E-state index in [1.54, 1.807) is 7.11 Å². The molecule has 1 aliphatic heterocycles. The number of piperidine rings is 1. The summed E-state index contributed by atoms with van der Waals surface area (Å²) in [5.74, 6) is 1.69. The summed E-state index contributed by atoms with van der Waals surface area (Å²) < 4.78 is 12.5. The molecule has 4 heteroatoms. The van der Waals surface area contributed by atoms with Gasteiger partial charge in [-0.1, -0.05) is 22.4 Å². The second kappa shape index (κ2) is 7.32. The molecule has 0 radical (unpaired) electrons. The first-order valence-electron chi connectivity index (χ1n) is 7.36. The van der Waals surface area contributed by atoms with Crippen molar-refractivity contribution in [1.82, 2.24) is 5.32 Å². The van der Waals surface area contributed by atoms with E-state index in [4.69, 9.17) is 9.47 Å². The molecule has 1 saturated heterocycles. The summed E-state index contributed by atoms with van der Waals surface area (Å²) in [5, 5.41) is 3.59. The lowest BCUT2D eigenvalue weighted by Gasteiger charge is -2.25. The van der Waals surface area contributed by atoms with Gasteiger partial charge in [0.05, 0.1) is 13.2 Å². The summed E-state index contributed by atoms with van der Waals surface area (Å²) in [4.78, 5) is 0. The third-order valence-corrected chi connectivity index (χ3v) is 4.01. The minimum Gasteiger partial charge on any atom is -0.493 e. The molecule has 0 saturated carbocycles. The quantitative estimate of drug-likeness (QED) is 0.880. The summed E-state index contributed by atoms with van der Waals surface area (Å²) in [6, 6.07) is 4.66. The number of nitrogens with one attached hydrogen (secondary N) is 1. The second-order valence-electron chi connectivity index (χ2n) is 5.61. The Morgan fingerprint density at radius 1 is 1.35 bits per heavy atom. The summed E-state index contributed by atoms with van der Waals surface area (Å²) >= 11 is 3.56. The zero-order valence-corrected chi connectivity index (χ0v) is 14.1. The maximum atomic E-state index is 5.99. The lowest BCUT2D eigenvalue weighted by molar-refractivity contribution is 0.226. The topological polar surface area (TPSA) is 30.5 Å². The van der Waals surface area contributed by atoms with Crippen LogP contribution < -0.4 is 14.8 Å². The predicted molar refractivity (Wildman–Crippen MR) is 85.8 cm³/mol. The van der Waals surface area contributed by atoms with Gasteiger partial charge in [-0.3, -0.25) is 0 Å². The van der Waals surface area contributed by atoms with Crippen molar-refractivity contribution in [2.24, 2.45) is 0 Å². The van der Waals surface area contributed by atoms with E-state index >= 15 is 0 Å². The number of ether oxygens (including phenoxy) is 2. The molecule has 1 aliphatic rings. The first-order valence-corrected chi connectivity index (χ1v) is 8.16. The van der Waals surface area contributed by atoms with Crippen LogP contribution in [0.2, 0.25) is 0 Å². The number of halogens is 1. The molecule has 1 heterocycles. The lowest BCUT2D eigenvalue weighted by Crippen LogP contribution is -2.35. The van der Waals surface area contributed by atoms with Crippen molar-refractivity contribution >= 4 is 15.9 Å². The van der Waals surface area contributed by atoms with Gasteiger partial charge in [0, 0.05) is 16.1 Å². The van der Waals surface area contributed by atoms with E-state index in [-0.39, 0.29) is 6.10 Å². The maximum Gasteiger partial charge on any atom is 0.164 e. The van der Waals surface area contributed by atoms with Crippen LogP contribution in [0.25, 0.3) is 0 Å². The van der Waals surface area contributed by atoms with E-state index in [1.165, 1.54) is 24.8 Å². The van der Waals surface area contributed by atoms with Crippen molar-refractivity contribution in [2.45, 2.75) is 51.7 Å². The molecule has 3 nitrogen and oxygen atoms in total. The van der Waals surface area contributed by atoms with Crippen molar-refractivity contribution in [1.29, 1.82) is 0 Å². The zero-order chi connectivity index (χ0) is 14.5. The van der Waals surface area contributed by atoms with Crippen LogP contribution in [0.15, 0.2) is 16.6 Å². The van der Waals surface area contributed by atoms with Gasteiger partial charge in [-0.2, -0.15) is 0 Å². The van der Waals surface area contributed by atoms with Gasteiger partial charge in [-0.15, -0.1) is 0 Å². The van der Waals surface area contributed by atoms with Crippen LogP contribution >= 0.6 is 15.9 Å². The van der Waals surface area contributed by atoms with Gasteiger partial charge >= 0.3 is 0 Å². The molecule has 0 amide bonds. The molecule has 1 unspecified atom stereocenters. The third-order valence-electron chi connectivity index (χ3n) is 3.55. The average Bonchev–Trinajstić information content (AvgIpc) is 2.42. The van der Waals surface area contributed by atoms with Gasteiger partial charge in [0.25, 0.3) is 0 Å². The highest BCUT2D eigenvalue weighted by atomic mass is 79.9. The Balaban J connectivity index is 2.25. The number of benzene rings is 1. The summed E-state index contributed by atoms with van der Waals surface area (Å²) in [6.45, 7) is 5.21. The van der Waals surface area contributed by atoms with Gasteiger partial charge in [-0.25, -0.2) is 0 Å². The smallest absolute Gasteiger partial charge is 0.164 e. The van der Waals surface area contributed by atoms with Crippen LogP contribution in [0.3, 0.4) is 0 Å². The van der Waals surface area contributed by atoms with Crippen LogP contribution in [0, 0.1) is 0 Å². The summed E-state index contributed by atoms with van der Waals surface area (Å²) in [5.41, 5.74) is 1.21. The number of methoxy groups -OCH3 is 1. The fraction of sp³-hybridized carbons (Fsp3) is 0.625. The molecular formula is C16H24BrNO2. The Kier molecular flexibility index (Phi) is 5.73. The largest absolute Gasteiger partial charge is 0.493 e. The van der Waals surface area contributed by atoms with Gasteiger partial charge < -0.3 is 14.8 Å². The highest BCUT2D eigenvalue weighted by molar-refractivity contribution is 9.10. The van der Waals surface area contributed by atoms with Crippen LogP contribution in [0.4, 0.5) is 0 Å². The molecule has 2 rings (SSSR count). The van der Waals surface area contributed by atoms with E-state index in [2.05, 4.69) is 27.3 Å². The Hall–Kier alpha value is -0.740. The van der Waals surface area contributed by atoms with Crippen molar-refractivity contribution in [3.8, 4) is 11.5 Å². The van der Waals surface area contributed by atoms with Crippen molar-refractivity contribution < 1.29 is 9.47 Å². The molecule has 1 fully saturated rings. The number of rotatable bonds is 5. The van der Waals surface area contributed by atoms with Gasteiger partial charge in [0.1, 0.15) is 0 Å². The molecule has 0 aromatic heterocycles. The Morgan fingerprint density at radius 2 is 2.15 bits per heavy atom. The zero-order valence-electron chi connectivity index (χ0n) is 12.5. The van der Waals surface area contributed by atoms with E-state index in [9.17, 15) is 0 Å². The Labute approximate surface area is 130 Å². The Morgan fingerprint density at radius 3 is 2.75 bits per heavy atom. The van der Waals surface area contributed by atoms with Crippen molar-refractivity contribution in [2.75, 3.05) is 13.7 Å². The highest BCUT2D eigenvalue weighted by Gasteiger charge is 2.19. The van der Waals surface area contributed by atoms with E-state index < -0.39 is 0 Å². The minimum absolute atomic E-state index is 0.142. The molecule has 0 aliphatic carbocycles.